The zero-order valence-electron chi connectivity index (χ0n) is 13.1. The molecule has 0 spiro atoms. The lowest BCUT2D eigenvalue weighted by Crippen LogP contribution is -2.37. The summed E-state index contributed by atoms with van der Waals surface area (Å²) in [7, 11) is 0. The van der Waals surface area contributed by atoms with Crippen LogP contribution in [0.1, 0.15) is 36.1 Å². The molecule has 0 unspecified atom stereocenters. The van der Waals surface area contributed by atoms with Crippen molar-refractivity contribution in [3.63, 3.8) is 0 Å². The number of aromatic nitrogens is 2. The SMILES string of the molecule is Cc1sc2ncn(CC(=O)N3CCCCCC3)c(=O)c2c1C. The van der Waals surface area contributed by atoms with Crippen LogP contribution in [0.2, 0.25) is 0 Å². The van der Waals surface area contributed by atoms with Crippen molar-refractivity contribution in [2.24, 2.45) is 0 Å². The quantitative estimate of drug-likeness (QED) is 0.854. The number of thiophene rings is 1. The van der Waals surface area contributed by atoms with E-state index in [1.165, 1.54) is 35.1 Å². The molecule has 3 rings (SSSR count). The number of amides is 1. The van der Waals surface area contributed by atoms with Crippen molar-refractivity contribution in [1.29, 1.82) is 0 Å². The van der Waals surface area contributed by atoms with Crippen LogP contribution in [-0.4, -0.2) is 33.4 Å². The molecule has 1 aliphatic rings. The van der Waals surface area contributed by atoms with Crippen molar-refractivity contribution in [2.75, 3.05) is 13.1 Å². The lowest BCUT2D eigenvalue weighted by molar-refractivity contribution is -0.131. The van der Waals surface area contributed by atoms with Gasteiger partial charge in [0.1, 0.15) is 11.4 Å². The van der Waals surface area contributed by atoms with Crippen LogP contribution in [0.4, 0.5) is 0 Å². The van der Waals surface area contributed by atoms with Gasteiger partial charge in [0, 0.05) is 18.0 Å². The molecule has 0 atom stereocenters. The van der Waals surface area contributed by atoms with Gasteiger partial charge in [0.05, 0.1) is 11.7 Å². The summed E-state index contributed by atoms with van der Waals surface area (Å²) in [6.45, 7) is 5.64. The fraction of sp³-hybridized carbons (Fsp3) is 0.562. The van der Waals surface area contributed by atoms with Crippen LogP contribution in [0.3, 0.4) is 0 Å². The number of hydrogen-bond donors (Lipinski definition) is 0. The molecule has 0 saturated carbocycles. The molecule has 2 aromatic heterocycles. The summed E-state index contributed by atoms with van der Waals surface area (Å²) in [5, 5.41) is 0.661. The number of carbonyl (C=O) groups is 1. The average molecular weight is 319 g/mol. The highest BCUT2D eigenvalue weighted by Crippen LogP contribution is 2.25. The minimum absolute atomic E-state index is 0.0229. The van der Waals surface area contributed by atoms with Gasteiger partial charge in [-0.15, -0.1) is 11.3 Å². The van der Waals surface area contributed by atoms with E-state index in [0.29, 0.717) is 5.39 Å². The molecule has 0 bridgehead atoms. The summed E-state index contributed by atoms with van der Waals surface area (Å²) in [6.07, 6.45) is 5.99. The predicted octanol–water partition coefficient (Wildman–Crippen LogP) is 2.48. The number of hydrogen-bond acceptors (Lipinski definition) is 4. The zero-order chi connectivity index (χ0) is 15.7. The van der Waals surface area contributed by atoms with Gasteiger partial charge >= 0.3 is 0 Å². The van der Waals surface area contributed by atoms with Crippen LogP contribution in [-0.2, 0) is 11.3 Å². The van der Waals surface area contributed by atoms with Crippen LogP contribution in [0.25, 0.3) is 10.2 Å². The monoisotopic (exact) mass is 319 g/mol. The summed E-state index contributed by atoms with van der Waals surface area (Å²) in [5.41, 5.74) is 0.879. The van der Waals surface area contributed by atoms with Gasteiger partial charge in [-0.2, -0.15) is 0 Å². The highest BCUT2D eigenvalue weighted by molar-refractivity contribution is 7.18. The Morgan fingerprint density at radius 2 is 1.91 bits per heavy atom. The van der Waals surface area contributed by atoms with Crippen molar-refractivity contribution in [3.8, 4) is 0 Å². The number of likely N-dealkylation sites (tertiary alicyclic amines) is 1. The zero-order valence-corrected chi connectivity index (χ0v) is 13.9. The summed E-state index contributed by atoms with van der Waals surface area (Å²) < 4.78 is 1.45. The normalized spacial score (nSPS) is 16.0. The highest BCUT2D eigenvalue weighted by atomic mass is 32.1. The number of nitrogens with zero attached hydrogens (tertiary/aromatic N) is 3. The molecule has 3 heterocycles. The first-order valence-electron chi connectivity index (χ1n) is 7.81. The first-order valence-corrected chi connectivity index (χ1v) is 8.62. The lowest BCUT2D eigenvalue weighted by atomic mass is 10.2. The van der Waals surface area contributed by atoms with Crippen molar-refractivity contribution < 1.29 is 4.79 Å². The van der Waals surface area contributed by atoms with Gasteiger partial charge in [-0.05, 0) is 32.3 Å². The summed E-state index contributed by atoms with van der Waals surface area (Å²) in [4.78, 5) is 33.2. The second-order valence-electron chi connectivity index (χ2n) is 5.94. The topological polar surface area (TPSA) is 55.2 Å². The molecule has 118 valence electrons. The number of fused-ring (bicyclic) bond motifs is 1. The molecule has 1 saturated heterocycles. The Morgan fingerprint density at radius 1 is 1.23 bits per heavy atom. The molecule has 1 amide bonds. The van der Waals surface area contributed by atoms with E-state index < -0.39 is 0 Å². The second-order valence-corrected chi connectivity index (χ2v) is 7.14. The van der Waals surface area contributed by atoms with Crippen LogP contribution >= 0.6 is 11.3 Å². The summed E-state index contributed by atoms with van der Waals surface area (Å²) in [5.74, 6) is 0.0229. The Hall–Kier alpha value is -1.69. The van der Waals surface area contributed by atoms with E-state index in [1.807, 2.05) is 18.7 Å². The highest BCUT2D eigenvalue weighted by Gasteiger charge is 2.18. The Labute approximate surface area is 133 Å². The number of aryl methyl sites for hydroxylation is 2. The molecule has 0 radical (unpaired) electrons. The summed E-state index contributed by atoms with van der Waals surface area (Å²) in [6, 6.07) is 0. The fourth-order valence-corrected chi connectivity index (χ4v) is 3.94. The largest absolute Gasteiger partial charge is 0.341 e. The maximum atomic E-state index is 12.6. The Morgan fingerprint density at radius 3 is 2.59 bits per heavy atom. The van der Waals surface area contributed by atoms with Crippen molar-refractivity contribution >= 4 is 27.5 Å². The van der Waals surface area contributed by atoms with E-state index in [-0.39, 0.29) is 18.0 Å². The van der Waals surface area contributed by atoms with Crippen molar-refractivity contribution in [3.05, 3.63) is 27.1 Å². The van der Waals surface area contributed by atoms with Gasteiger partial charge in [0.15, 0.2) is 0 Å². The molecule has 1 fully saturated rings. The lowest BCUT2D eigenvalue weighted by Gasteiger charge is -2.20. The van der Waals surface area contributed by atoms with Crippen molar-refractivity contribution in [2.45, 2.75) is 46.1 Å². The van der Waals surface area contributed by atoms with E-state index >= 15 is 0 Å². The van der Waals surface area contributed by atoms with Crippen LogP contribution in [0.15, 0.2) is 11.1 Å². The van der Waals surface area contributed by atoms with E-state index in [9.17, 15) is 9.59 Å². The van der Waals surface area contributed by atoms with E-state index in [1.54, 1.807) is 0 Å². The molecule has 0 N–H and O–H groups in total. The average Bonchev–Trinajstić information content (AvgIpc) is 2.71. The molecule has 0 aliphatic carbocycles. The molecule has 0 aromatic carbocycles. The molecular weight excluding hydrogens is 298 g/mol. The third kappa shape index (κ3) is 2.79. The minimum atomic E-state index is -0.102. The van der Waals surface area contributed by atoms with Gasteiger partial charge < -0.3 is 4.90 Å². The van der Waals surface area contributed by atoms with Gasteiger partial charge in [-0.1, -0.05) is 12.8 Å². The van der Waals surface area contributed by atoms with Gasteiger partial charge in [-0.3, -0.25) is 14.2 Å². The molecular formula is C16H21N3O2S. The van der Waals surface area contributed by atoms with E-state index in [0.717, 1.165) is 41.2 Å². The Kier molecular flexibility index (Phi) is 4.29. The smallest absolute Gasteiger partial charge is 0.262 e. The van der Waals surface area contributed by atoms with E-state index in [4.69, 9.17) is 0 Å². The maximum absolute atomic E-state index is 12.6. The van der Waals surface area contributed by atoms with Gasteiger partial charge in [0.25, 0.3) is 5.56 Å². The van der Waals surface area contributed by atoms with Gasteiger partial charge in [0.2, 0.25) is 5.91 Å². The molecule has 5 nitrogen and oxygen atoms in total. The number of rotatable bonds is 2. The van der Waals surface area contributed by atoms with Gasteiger partial charge in [-0.25, -0.2) is 4.98 Å². The Balaban J connectivity index is 1.87. The maximum Gasteiger partial charge on any atom is 0.262 e. The van der Waals surface area contributed by atoms with E-state index in [2.05, 4.69) is 4.98 Å². The molecule has 2 aromatic rings. The minimum Gasteiger partial charge on any atom is -0.341 e. The first kappa shape index (κ1) is 15.2. The van der Waals surface area contributed by atoms with Crippen LogP contribution in [0.5, 0.6) is 0 Å². The van der Waals surface area contributed by atoms with Crippen LogP contribution in [0, 0.1) is 13.8 Å². The molecule has 6 heteroatoms. The molecule has 22 heavy (non-hydrogen) atoms. The summed E-state index contributed by atoms with van der Waals surface area (Å²) >= 11 is 1.53. The third-order valence-corrected chi connectivity index (χ3v) is 5.54. The number of carbonyl (C=O) groups excluding carboxylic acids is 1. The van der Waals surface area contributed by atoms with Crippen molar-refractivity contribution in [1.82, 2.24) is 14.5 Å². The molecule has 1 aliphatic heterocycles. The Bertz CT molecular complexity index is 755. The second kappa shape index (κ2) is 6.20. The first-order chi connectivity index (χ1) is 10.6. The third-order valence-electron chi connectivity index (χ3n) is 4.42. The standard InChI is InChI=1S/C16H21N3O2S/c1-11-12(2)22-15-14(11)16(21)19(10-17-15)9-13(20)18-7-5-3-4-6-8-18/h10H,3-9H2,1-2H3. The predicted molar refractivity (Wildman–Crippen MR) is 88.4 cm³/mol. The fourth-order valence-electron chi connectivity index (χ4n) is 2.95. The van der Waals surface area contributed by atoms with Crippen LogP contribution < -0.4 is 5.56 Å².